The van der Waals surface area contributed by atoms with E-state index in [9.17, 15) is 14.4 Å². The second kappa shape index (κ2) is 8.93. The number of benzene rings is 1. The minimum absolute atomic E-state index is 0.0662. The second-order valence-corrected chi connectivity index (χ2v) is 6.70. The number of rotatable bonds is 7. The van der Waals surface area contributed by atoms with Crippen LogP contribution in [-0.2, 0) is 16.1 Å². The summed E-state index contributed by atoms with van der Waals surface area (Å²) >= 11 is 0. The number of hydrogen-bond acceptors (Lipinski definition) is 4. The van der Waals surface area contributed by atoms with E-state index < -0.39 is 11.4 Å². The van der Waals surface area contributed by atoms with E-state index in [-0.39, 0.29) is 12.5 Å². The van der Waals surface area contributed by atoms with E-state index in [0.29, 0.717) is 43.1 Å². The molecular formula is C19H25FN2O3. The van der Waals surface area contributed by atoms with E-state index in [4.69, 9.17) is 9.47 Å². The van der Waals surface area contributed by atoms with Crippen molar-refractivity contribution in [3.8, 4) is 6.07 Å². The van der Waals surface area contributed by atoms with Crippen molar-refractivity contribution in [2.45, 2.75) is 44.8 Å². The maximum atomic E-state index is 13.9. The van der Waals surface area contributed by atoms with Crippen LogP contribution in [0.5, 0.6) is 0 Å². The first-order valence-corrected chi connectivity index (χ1v) is 8.58. The standard InChI is InChI=1S/C19H25FN2O3/c1-14-4-3-7-19(11-14,13-21)22-18(23)15-5-6-17(20)16(10-15)12-25-9-8-24-2/h5-6,10,14H,3-4,7-9,11-12H2,1-2H3,(H,22,23)/t14-,19-/m1/s1. The van der Waals surface area contributed by atoms with Gasteiger partial charge in [0.15, 0.2) is 0 Å². The van der Waals surface area contributed by atoms with Crippen molar-refractivity contribution in [1.29, 1.82) is 5.26 Å². The van der Waals surface area contributed by atoms with E-state index in [0.717, 1.165) is 12.8 Å². The van der Waals surface area contributed by atoms with Crippen LogP contribution in [0.25, 0.3) is 0 Å². The van der Waals surface area contributed by atoms with Crippen LogP contribution >= 0.6 is 0 Å². The lowest BCUT2D eigenvalue weighted by Crippen LogP contribution is -2.50. The highest BCUT2D eigenvalue weighted by molar-refractivity contribution is 5.95. The van der Waals surface area contributed by atoms with Gasteiger partial charge in [0.2, 0.25) is 0 Å². The van der Waals surface area contributed by atoms with Gasteiger partial charge in [0.05, 0.1) is 25.9 Å². The third-order valence-corrected chi connectivity index (χ3v) is 4.56. The molecule has 1 fully saturated rings. The zero-order valence-corrected chi connectivity index (χ0v) is 14.8. The summed E-state index contributed by atoms with van der Waals surface area (Å²) in [5.74, 6) is -0.379. The highest BCUT2D eigenvalue weighted by Crippen LogP contribution is 2.32. The molecule has 1 N–H and O–H groups in total. The van der Waals surface area contributed by atoms with Gasteiger partial charge in [-0.1, -0.05) is 13.3 Å². The molecule has 25 heavy (non-hydrogen) atoms. The van der Waals surface area contributed by atoms with Crippen LogP contribution < -0.4 is 5.32 Å². The predicted octanol–water partition coefficient (Wildman–Crippen LogP) is 3.19. The van der Waals surface area contributed by atoms with Crippen molar-refractivity contribution < 1.29 is 18.7 Å². The zero-order chi connectivity index (χ0) is 18.3. The summed E-state index contributed by atoms with van der Waals surface area (Å²) < 4.78 is 24.1. The normalized spacial score (nSPS) is 23.0. The van der Waals surface area contributed by atoms with Crippen molar-refractivity contribution in [3.63, 3.8) is 0 Å². The molecular weight excluding hydrogens is 323 g/mol. The van der Waals surface area contributed by atoms with Gasteiger partial charge in [0.25, 0.3) is 5.91 Å². The molecule has 1 saturated carbocycles. The lowest BCUT2D eigenvalue weighted by atomic mass is 9.77. The number of methoxy groups -OCH3 is 1. The molecule has 1 aliphatic rings. The molecule has 2 rings (SSSR count). The summed E-state index contributed by atoms with van der Waals surface area (Å²) in [6, 6.07) is 6.45. The van der Waals surface area contributed by atoms with Gasteiger partial charge in [0.1, 0.15) is 11.4 Å². The van der Waals surface area contributed by atoms with E-state index in [1.54, 1.807) is 7.11 Å². The molecule has 6 heteroatoms. The van der Waals surface area contributed by atoms with Gasteiger partial charge in [0, 0.05) is 18.2 Å². The van der Waals surface area contributed by atoms with Crippen molar-refractivity contribution in [3.05, 3.63) is 35.1 Å². The van der Waals surface area contributed by atoms with Gasteiger partial charge in [-0.2, -0.15) is 5.26 Å². The monoisotopic (exact) mass is 348 g/mol. The third kappa shape index (κ3) is 5.25. The Balaban J connectivity index is 2.07. The van der Waals surface area contributed by atoms with Crippen molar-refractivity contribution in [1.82, 2.24) is 5.32 Å². The smallest absolute Gasteiger partial charge is 0.252 e. The summed E-state index contributed by atoms with van der Waals surface area (Å²) in [6.45, 7) is 2.92. The molecule has 0 bridgehead atoms. The molecule has 136 valence electrons. The van der Waals surface area contributed by atoms with Crippen LogP contribution in [0.2, 0.25) is 0 Å². The molecule has 2 atom stereocenters. The zero-order valence-electron chi connectivity index (χ0n) is 14.8. The summed E-state index contributed by atoms with van der Waals surface area (Å²) in [5.41, 5.74) is -0.190. The average molecular weight is 348 g/mol. The van der Waals surface area contributed by atoms with Crippen molar-refractivity contribution in [2.75, 3.05) is 20.3 Å². The number of carbonyl (C=O) groups is 1. The van der Waals surface area contributed by atoms with Crippen LogP contribution in [0, 0.1) is 23.1 Å². The highest BCUT2D eigenvalue weighted by Gasteiger charge is 2.36. The molecule has 0 unspecified atom stereocenters. The Morgan fingerprint density at radius 3 is 2.96 bits per heavy atom. The van der Waals surface area contributed by atoms with Crippen LogP contribution in [-0.4, -0.2) is 31.8 Å². The number of nitrogens with one attached hydrogen (secondary N) is 1. The number of carbonyl (C=O) groups excluding carboxylic acids is 1. The van der Waals surface area contributed by atoms with Crippen molar-refractivity contribution in [2.24, 2.45) is 5.92 Å². The molecule has 1 amide bonds. The number of hydrogen-bond donors (Lipinski definition) is 1. The summed E-state index contributed by atoms with van der Waals surface area (Å²) in [5, 5.41) is 12.4. The summed E-state index contributed by atoms with van der Waals surface area (Å²) in [4.78, 5) is 12.6. The average Bonchev–Trinajstić information content (AvgIpc) is 2.60. The van der Waals surface area contributed by atoms with Gasteiger partial charge in [-0.15, -0.1) is 0 Å². The fourth-order valence-corrected chi connectivity index (χ4v) is 3.23. The van der Waals surface area contributed by atoms with E-state index in [2.05, 4.69) is 18.3 Å². The maximum absolute atomic E-state index is 13.9. The molecule has 0 heterocycles. The Kier molecular flexibility index (Phi) is 6.91. The topological polar surface area (TPSA) is 71.3 Å². The Labute approximate surface area is 148 Å². The molecule has 0 saturated heterocycles. The minimum atomic E-state index is -0.835. The van der Waals surface area contributed by atoms with Gasteiger partial charge in [-0.05, 0) is 43.4 Å². The van der Waals surface area contributed by atoms with Gasteiger partial charge in [-0.25, -0.2) is 4.39 Å². The van der Waals surface area contributed by atoms with E-state index in [1.165, 1.54) is 18.2 Å². The first-order chi connectivity index (χ1) is 12.0. The summed E-state index contributed by atoms with van der Waals surface area (Å²) in [7, 11) is 1.56. The number of nitrogens with zero attached hydrogens (tertiary/aromatic N) is 1. The molecule has 0 radical (unpaired) electrons. The Morgan fingerprint density at radius 2 is 2.28 bits per heavy atom. The van der Waals surface area contributed by atoms with Crippen LogP contribution in [0.1, 0.15) is 48.5 Å². The van der Waals surface area contributed by atoms with Gasteiger partial charge >= 0.3 is 0 Å². The third-order valence-electron chi connectivity index (χ3n) is 4.56. The quantitative estimate of drug-likeness (QED) is 0.768. The fourth-order valence-electron chi connectivity index (χ4n) is 3.23. The van der Waals surface area contributed by atoms with Crippen LogP contribution in [0.4, 0.5) is 4.39 Å². The highest BCUT2D eigenvalue weighted by atomic mass is 19.1. The molecule has 5 nitrogen and oxygen atoms in total. The fraction of sp³-hybridized carbons (Fsp3) is 0.579. The molecule has 0 aliphatic heterocycles. The molecule has 1 aromatic carbocycles. The molecule has 1 aromatic rings. The van der Waals surface area contributed by atoms with Gasteiger partial charge in [-0.3, -0.25) is 4.79 Å². The number of amides is 1. The largest absolute Gasteiger partial charge is 0.382 e. The van der Waals surface area contributed by atoms with E-state index in [1.807, 2.05) is 0 Å². The first-order valence-electron chi connectivity index (χ1n) is 8.58. The first kappa shape index (κ1) is 19.4. The Morgan fingerprint density at radius 1 is 1.48 bits per heavy atom. The Bertz CT molecular complexity index is 644. The van der Waals surface area contributed by atoms with Crippen LogP contribution in [0.3, 0.4) is 0 Å². The van der Waals surface area contributed by atoms with Crippen LogP contribution in [0.15, 0.2) is 18.2 Å². The Hall–Kier alpha value is -1.97. The molecule has 0 aromatic heterocycles. The maximum Gasteiger partial charge on any atom is 0.252 e. The lowest BCUT2D eigenvalue weighted by Gasteiger charge is -2.35. The predicted molar refractivity (Wildman–Crippen MR) is 91.4 cm³/mol. The second-order valence-electron chi connectivity index (χ2n) is 6.70. The number of halogens is 1. The number of ether oxygens (including phenoxy) is 2. The van der Waals surface area contributed by atoms with Crippen molar-refractivity contribution >= 4 is 5.91 Å². The molecule has 0 spiro atoms. The summed E-state index contributed by atoms with van der Waals surface area (Å²) in [6.07, 6.45) is 3.27. The SMILES string of the molecule is COCCOCc1cc(C(=O)N[C@]2(C#N)CCC[C@@H](C)C2)ccc1F. The van der Waals surface area contributed by atoms with Gasteiger partial charge < -0.3 is 14.8 Å². The molecule has 1 aliphatic carbocycles. The minimum Gasteiger partial charge on any atom is -0.382 e. The number of nitriles is 1. The lowest BCUT2D eigenvalue weighted by molar-refractivity contribution is 0.0603. The van der Waals surface area contributed by atoms with E-state index >= 15 is 0 Å².